The number of likely N-dealkylation sites (tertiary alicyclic amines) is 1. The number of piperidine rings is 1. The molecule has 5 nitrogen and oxygen atoms in total. The van der Waals surface area contributed by atoms with Crippen molar-refractivity contribution in [1.29, 1.82) is 0 Å². The summed E-state index contributed by atoms with van der Waals surface area (Å²) in [6.07, 6.45) is 1.68. The number of likely N-dealkylation sites (N-methyl/N-ethyl adjacent to an activating group) is 1. The maximum absolute atomic E-state index is 13.9. The second kappa shape index (κ2) is 8.93. The Hall–Kier alpha value is -3.67. The number of hydrogen-bond acceptors (Lipinski definition) is 4. The maximum atomic E-state index is 13.9. The average molecular weight is 457 g/mol. The Morgan fingerprint density at radius 2 is 1.65 bits per heavy atom. The first kappa shape index (κ1) is 22.1. The van der Waals surface area contributed by atoms with E-state index in [9.17, 15) is 9.18 Å². The minimum Gasteiger partial charge on any atom is -0.370 e. The van der Waals surface area contributed by atoms with Crippen molar-refractivity contribution in [3.63, 3.8) is 0 Å². The maximum Gasteiger partial charge on any atom is 0.253 e. The number of nitrogens with zero attached hydrogens (tertiary/aromatic N) is 3. The molecule has 2 aliphatic rings. The van der Waals surface area contributed by atoms with Crippen LogP contribution < -0.4 is 5.73 Å². The number of guanidine groups is 1. The van der Waals surface area contributed by atoms with Gasteiger partial charge in [-0.2, -0.15) is 0 Å². The third-order valence-electron chi connectivity index (χ3n) is 7.18. The number of amides is 1. The Kier molecular flexibility index (Phi) is 5.82. The van der Waals surface area contributed by atoms with Gasteiger partial charge in [-0.05, 0) is 65.8 Å². The van der Waals surface area contributed by atoms with Crippen LogP contribution in [0.4, 0.5) is 4.39 Å². The summed E-state index contributed by atoms with van der Waals surface area (Å²) >= 11 is 0. The van der Waals surface area contributed by atoms with Gasteiger partial charge in [-0.15, -0.1) is 0 Å². The van der Waals surface area contributed by atoms with E-state index in [1.54, 1.807) is 12.1 Å². The van der Waals surface area contributed by atoms with Gasteiger partial charge in [0.05, 0.1) is 6.54 Å². The molecule has 1 fully saturated rings. The highest BCUT2D eigenvalue weighted by Crippen LogP contribution is 2.44. The molecule has 2 heterocycles. The quantitative estimate of drug-likeness (QED) is 0.629. The SMILES string of the molecule is CN1CC(c2cccc(-c3cccc(F)c3)c2)(C2CCN(C(=O)c3ccccc3)CC2)N=C1N. The number of nitrogens with two attached hydrogens (primary N) is 1. The zero-order valence-electron chi connectivity index (χ0n) is 19.3. The molecule has 1 saturated heterocycles. The van der Waals surface area contributed by atoms with Gasteiger partial charge >= 0.3 is 0 Å². The molecule has 1 unspecified atom stereocenters. The number of rotatable bonds is 4. The molecule has 0 radical (unpaired) electrons. The van der Waals surface area contributed by atoms with E-state index >= 15 is 0 Å². The Balaban J connectivity index is 1.43. The minimum absolute atomic E-state index is 0.0766. The van der Waals surface area contributed by atoms with Gasteiger partial charge in [-0.3, -0.25) is 4.79 Å². The van der Waals surface area contributed by atoms with Crippen LogP contribution in [0.2, 0.25) is 0 Å². The van der Waals surface area contributed by atoms with E-state index in [2.05, 4.69) is 12.1 Å². The van der Waals surface area contributed by atoms with E-state index in [0.29, 0.717) is 25.6 Å². The molecule has 5 rings (SSSR count). The number of halogens is 1. The predicted octanol–water partition coefficient (Wildman–Crippen LogP) is 4.50. The largest absolute Gasteiger partial charge is 0.370 e. The van der Waals surface area contributed by atoms with Crippen molar-refractivity contribution in [2.24, 2.45) is 16.6 Å². The predicted molar refractivity (Wildman–Crippen MR) is 133 cm³/mol. The first-order valence-corrected chi connectivity index (χ1v) is 11.7. The summed E-state index contributed by atoms with van der Waals surface area (Å²) in [6.45, 7) is 2.05. The van der Waals surface area contributed by atoms with Crippen LogP contribution in [0.1, 0.15) is 28.8 Å². The Labute approximate surface area is 199 Å². The van der Waals surface area contributed by atoms with Crippen molar-refractivity contribution in [3.05, 3.63) is 95.8 Å². The first-order chi connectivity index (χ1) is 16.5. The van der Waals surface area contributed by atoms with E-state index < -0.39 is 5.54 Å². The molecule has 0 aromatic heterocycles. The van der Waals surface area contributed by atoms with Gasteiger partial charge in [0.25, 0.3) is 5.91 Å². The molecular weight excluding hydrogens is 427 g/mol. The van der Waals surface area contributed by atoms with Crippen LogP contribution in [0, 0.1) is 11.7 Å². The molecule has 1 atom stereocenters. The number of carbonyl (C=O) groups is 1. The van der Waals surface area contributed by atoms with Crippen LogP contribution in [0.5, 0.6) is 0 Å². The van der Waals surface area contributed by atoms with E-state index in [0.717, 1.165) is 35.1 Å². The lowest BCUT2D eigenvalue weighted by Gasteiger charge is -2.41. The highest BCUT2D eigenvalue weighted by molar-refractivity contribution is 5.94. The zero-order valence-corrected chi connectivity index (χ0v) is 19.3. The third-order valence-corrected chi connectivity index (χ3v) is 7.18. The number of hydrogen-bond donors (Lipinski definition) is 1. The summed E-state index contributed by atoms with van der Waals surface area (Å²) in [4.78, 5) is 21.9. The lowest BCUT2D eigenvalue weighted by molar-refractivity contribution is 0.0634. The Morgan fingerprint density at radius 3 is 2.29 bits per heavy atom. The van der Waals surface area contributed by atoms with Crippen LogP contribution in [-0.2, 0) is 5.54 Å². The number of aliphatic imine (C=N–C) groups is 1. The van der Waals surface area contributed by atoms with Crippen molar-refractivity contribution in [3.8, 4) is 11.1 Å². The molecule has 2 aliphatic heterocycles. The van der Waals surface area contributed by atoms with Crippen molar-refractivity contribution in [2.75, 3.05) is 26.7 Å². The fourth-order valence-corrected chi connectivity index (χ4v) is 5.34. The van der Waals surface area contributed by atoms with Gasteiger partial charge in [-0.1, -0.05) is 48.5 Å². The highest BCUT2D eigenvalue weighted by atomic mass is 19.1. The Bertz CT molecular complexity index is 1220. The molecule has 6 heteroatoms. The molecule has 0 saturated carbocycles. The smallest absolute Gasteiger partial charge is 0.253 e. The molecule has 1 amide bonds. The van der Waals surface area contributed by atoms with Gasteiger partial charge in [0.1, 0.15) is 11.4 Å². The molecule has 3 aromatic rings. The monoisotopic (exact) mass is 456 g/mol. The van der Waals surface area contributed by atoms with Crippen LogP contribution >= 0.6 is 0 Å². The fourth-order valence-electron chi connectivity index (χ4n) is 5.34. The molecule has 34 heavy (non-hydrogen) atoms. The summed E-state index contributed by atoms with van der Waals surface area (Å²) in [5.41, 5.74) is 9.38. The fraction of sp³-hybridized carbons (Fsp3) is 0.286. The van der Waals surface area contributed by atoms with Crippen LogP contribution in [-0.4, -0.2) is 48.3 Å². The molecule has 174 valence electrons. The average Bonchev–Trinajstić information content (AvgIpc) is 3.19. The number of carbonyl (C=O) groups excluding carboxylic acids is 1. The Morgan fingerprint density at radius 1 is 0.971 bits per heavy atom. The van der Waals surface area contributed by atoms with Gasteiger partial charge in [-0.25, -0.2) is 9.38 Å². The number of benzene rings is 3. The summed E-state index contributed by atoms with van der Waals surface area (Å²) in [6, 6.07) is 24.3. The molecule has 2 N–H and O–H groups in total. The van der Waals surface area contributed by atoms with E-state index in [-0.39, 0.29) is 17.6 Å². The highest BCUT2D eigenvalue weighted by Gasteiger charge is 2.47. The lowest BCUT2D eigenvalue weighted by atomic mass is 9.73. The van der Waals surface area contributed by atoms with Gasteiger partial charge in [0.2, 0.25) is 0 Å². The summed E-state index contributed by atoms with van der Waals surface area (Å²) < 4.78 is 13.9. The van der Waals surface area contributed by atoms with E-state index in [1.165, 1.54) is 6.07 Å². The van der Waals surface area contributed by atoms with Crippen molar-refractivity contribution >= 4 is 11.9 Å². The normalized spacial score (nSPS) is 20.9. The van der Waals surface area contributed by atoms with Crippen molar-refractivity contribution < 1.29 is 9.18 Å². The van der Waals surface area contributed by atoms with Gasteiger partial charge < -0.3 is 15.5 Å². The van der Waals surface area contributed by atoms with E-state index in [4.69, 9.17) is 10.7 Å². The van der Waals surface area contributed by atoms with Crippen molar-refractivity contribution in [1.82, 2.24) is 9.80 Å². The molecular formula is C28H29FN4O. The lowest BCUT2D eigenvalue weighted by Crippen LogP contribution is -2.46. The molecule has 0 spiro atoms. The van der Waals surface area contributed by atoms with Crippen LogP contribution in [0.15, 0.2) is 83.9 Å². The van der Waals surface area contributed by atoms with Crippen molar-refractivity contribution in [2.45, 2.75) is 18.4 Å². The second-order valence-corrected chi connectivity index (χ2v) is 9.27. The van der Waals surface area contributed by atoms with Gasteiger partial charge in [0.15, 0.2) is 5.96 Å². The van der Waals surface area contributed by atoms with Crippen LogP contribution in [0.3, 0.4) is 0 Å². The minimum atomic E-state index is -0.496. The molecule has 0 aliphatic carbocycles. The third kappa shape index (κ3) is 4.04. The van der Waals surface area contributed by atoms with E-state index in [1.807, 2.05) is 65.4 Å². The summed E-state index contributed by atoms with van der Waals surface area (Å²) in [5, 5.41) is 0. The van der Waals surface area contributed by atoms with Crippen LogP contribution in [0.25, 0.3) is 11.1 Å². The summed E-state index contributed by atoms with van der Waals surface area (Å²) in [7, 11) is 1.96. The summed E-state index contributed by atoms with van der Waals surface area (Å²) in [5.74, 6) is 0.584. The topological polar surface area (TPSA) is 61.9 Å². The second-order valence-electron chi connectivity index (χ2n) is 9.27. The molecule has 0 bridgehead atoms. The standard InChI is InChI=1S/C28H29FN4O/c1-32-19-28(31-27(32)30,24-11-5-9-21(17-24)22-10-6-12-25(29)18-22)23-13-15-33(16-14-23)26(34)20-7-3-2-4-8-20/h2-12,17-18,23H,13-16,19H2,1H3,(H2,30,31). The zero-order chi connectivity index (χ0) is 23.7. The molecule has 3 aromatic carbocycles. The van der Waals surface area contributed by atoms with Gasteiger partial charge in [0, 0.05) is 25.7 Å². The first-order valence-electron chi connectivity index (χ1n) is 11.7.